The molecule has 3 N–H and O–H groups in total. The minimum atomic E-state index is -0.549. The number of pyridine rings is 1. The fraction of sp³-hybridized carbons (Fsp3) is 0.455. The van der Waals surface area contributed by atoms with Crippen molar-refractivity contribution < 1.29 is 5.21 Å². The molecule has 88 valence electrons. The van der Waals surface area contributed by atoms with E-state index < -0.39 is 5.41 Å². The highest BCUT2D eigenvalue weighted by Gasteiger charge is 2.35. The number of amidine groups is 1. The highest BCUT2D eigenvalue weighted by atomic mass is 35.5. The van der Waals surface area contributed by atoms with Crippen molar-refractivity contribution in [3.8, 4) is 0 Å². The van der Waals surface area contributed by atoms with Crippen LogP contribution in [0.25, 0.3) is 0 Å². The van der Waals surface area contributed by atoms with E-state index in [1.165, 1.54) is 0 Å². The van der Waals surface area contributed by atoms with Crippen LogP contribution in [0.4, 0.5) is 0 Å². The monoisotopic (exact) mass is 241 g/mol. The average Bonchev–Trinajstić information content (AvgIpc) is 2.27. The van der Waals surface area contributed by atoms with Crippen molar-refractivity contribution in [1.82, 2.24) is 4.98 Å². The van der Waals surface area contributed by atoms with Gasteiger partial charge in [0, 0.05) is 6.20 Å². The van der Waals surface area contributed by atoms with Gasteiger partial charge in [0.1, 0.15) is 11.0 Å². The molecule has 0 aromatic carbocycles. The summed E-state index contributed by atoms with van der Waals surface area (Å²) in [5.41, 5.74) is 6.09. The minimum Gasteiger partial charge on any atom is -0.409 e. The lowest BCUT2D eigenvalue weighted by molar-refractivity contribution is 0.306. The van der Waals surface area contributed by atoms with Gasteiger partial charge >= 0.3 is 0 Å². The van der Waals surface area contributed by atoms with Crippen LogP contribution in [0.1, 0.15) is 26.3 Å². The molecular formula is C11H16ClN3O. The molecule has 0 bridgehead atoms. The Kier molecular flexibility index (Phi) is 3.75. The van der Waals surface area contributed by atoms with Crippen LogP contribution < -0.4 is 5.73 Å². The molecule has 0 spiro atoms. The van der Waals surface area contributed by atoms with Crippen molar-refractivity contribution in [3.63, 3.8) is 0 Å². The number of hydrogen-bond acceptors (Lipinski definition) is 3. The van der Waals surface area contributed by atoms with Crippen molar-refractivity contribution in [2.24, 2.45) is 16.8 Å². The van der Waals surface area contributed by atoms with Crippen molar-refractivity contribution in [2.45, 2.75) is 26.2 Å². The fourth-order valence-electron chi connectivity index (χ4n) is 1.56. The summed E-state index contributed by atoms with van der Waals surface area (Å²) in [6.07, 6.45) is 1.65. The maximum Gasteiger partial charge on any atom is 0.149 e. The van der Waals surface area contributed by atoms with Crippen LogP contribution in [-0.4, -0.2) is 16.0 Å². The first-order chi connectivity index (χ1) is 7.42. The Balaban J connectivity index is 3.27. The molecule has 1 unspecified atom stereocenters. The summed E-state index contributed by atoms with van der Waals surface area (Å²) in [6.45, 7) is 5.93. The van der Waals surface area contributed by atoms with E-state index in [-0.39, 0.29) is 11.8 Å². The van der Waals surface area contributed by atoms with Crippen LogP contribution in [0.15, 0.2) is 23.5 Å². The molecule has 0 saturated heterocycles. The summed E-state index contributed by atoms with van der Waals surface area (Å²) in [5, 5.41) is 12.4. The molecule has 16 heavy (non-hydrogen) atoms. The molecule has 0 fully saturated rings. The molecule has 0 amide bonds. The van der Waals surface area contributed by atoms with Crippen LogP contribution in [0, 0.1) is 5.92 Å². The Labute approximate surface area is 100 Å². The topological polar surface area (TPSA) is 71.5 Å². The van der Waals surface area contributed by atoms with E-state index in [0.717, 1.165) is 5.56 Å². The standard InChI is InChI=1S/C11H16ClN3O/c1-7(2)11(3,10(13)15-16)8-4-5-9(12)14-6-8/h4-7,16H,1-3H3,(H2,13,15). The minimum absolute atomic E-state index is 0.173. The predicted octanol–water partition coefficient (Wildman–Crippen LogP) is 2.40. The maximum atomic E-state index is 8.85. The van der Waals surface area contributed by atoms with E-state index in [2.05, 4.69) is 10.1 Å². The Morgan fingerprint density at radius 1 is 1.56 bits per heavy atom. The summed E-state index contributed by atoms with van der Waals surface area (Å²) in [4.78, 5) is 4.02. The van der Waals surface area contributed by atoms with Crippen molar-refractivity contribution in [1.29, 1.82) is 0 Å². The lowest BCUT2D eigenvalue weighted by Gasteiger charge is -2.32. The van der Waals surface area contributed by atoms with Gasteiger partial charge < -0.3 is 10.9 Å². The Bertz CT molecular complexity index is 389. The Morgan fingerprint density at radius 3 is 2.56 bits per heavy atom. The van der Waals surface area contributed by atoms with E-state index in [0.29, 0.717) is 5.15 Å². The average molecular weight is 242 g/mol. The summed E-state index contributed by atoms with van der Waals surface area (Å²) in [5.74, 6) is 0.345. The smallest absolute Gasteiger partial charge is 0.149 e. The first-order valence-corrected chi connectivity index (χ1v) is 5.40. The molecule has 0 aliphatic rings. The Hall–Kier alpha value is -1.29. The molecule has 0 radical (unpaired) electrons. The molecule has 1 rings (SSSR count). The van der Waals surface area contributed by atoms with Crippen LogP contribution in [0.3, 0.4) is 0 Å². The van der Waals surface area contributed by atoms with Gasteiger partial charge in [-0.3, -0.25) is 0 Å². The van der Waals surface area contributed by atoms with Gasteiger partial charge in [-0.05, 0) is 24.5 Å². The second-order valence-electron chi connectivity index (χ2n) is 4.21. The zero-order chi connectivity index (χ0) is 12.3. The molecular weight excluding hydrogens is 226 g/mol. The number of nitrogens with two attached hydrogens (primary N) is 1. The molecule has 1 aromatic heterocycles. The molecule has 4 nitrogen and oxygen atoms in total. The van der Waals surface area contributed by atoms with Crippen molar-refractivity contribution >= 4 is 17.4 Å². The third kappa shape index (κ3) is 2.11. The van der Waals surface area contributed by atoms with Crippen molar-refractivity contribution in [3.05, 3.63) is 29.0 Å². The lowest BCUT2D eigenvalue weighted by atomic mass is 9.73. The number of halogens is 1. The van der Waals surface area contributed by atoms with Gasteiger partial charge in [-0.2, -0.15) is 0 Å². The summed E-state index contributed by atoms with van der Waals surface area (Å²) in [6, 6.07) is 3.54. The zero-order valence-corrected chi connectivity index (χ0v) is 10.4. The first-order valence-electron chi connectivity index (χ1n) is 5.03. The fourth-order valence-corrected chi connectivity index (χ4v) is 1.68. The van der Waals surface area contributed by atoms with Crippen LogP contribution in [-0.2, 0) is 5.41 Å². The van der Waals surface area contributed by atoms with Gasteiger partial charge in [-0.25, -0.2) is 4.98 Å². The van der Waals surface area contributed by atoms with Gasteiger partial charge in [0.15, 0.2) is 0 Å². The number of nitrogens with zero attached hydrogens (tertiary/aromatic N) is 2. The lowest BCUT2D eigenvalue weighted by Crippen LogP contribution is -2.43. The third-order valence-corrected chi connectivity index (χ3v) is 3.35. The Morgan fingerprint density at radius 2 is 2.19 bits per heavy atom. The van der Waals surface area contributed by atoms with Gasteiger partial charge in [0.25, 0.3) is 0 Å². The van der Waals surface area contributed by atoms with Crippen molar-refractivity contribution in [2.75, 3.05) is 0 Å². The second kappa shape index (κ2) is 4.70. The van der Waals surface area contributed by atoms with E-state index >= 15 is 0 Å². The predicted molar refractivity (Wildman–Crippen MR) is 64.8 cm³/mol. The zero-order valence-electron chi connectivity index (χ0n) is 9.61. The van der Waals surface area contributed by atoms with E-state index in [1.54, 1.807) is 12.3 Å². The summed E-state index contributed by atoms with van der Waals surface area (Å²) in [7, 11) is 0. The number of rotatable bonds is 3. The quantitative estimate of drug-likeness (QED) is 0.281. The third-order valence-electron chi connectivity index (χ3n) is 3.12. The van der Waals surface area contributed by atoms with E-state index in [1.807, 2.05) is 26.8 Å². The van der Waals surface area contributed by atoms with Crippen LogP contribution in [0.2, 0.25) is 5.15 Å². The van der Waals surface area contributed by atoms with Gasteiger partial charge in [-0.1, -0.05) is 36.7 Å². The second-order valence-corrected chi connectivity index (χ2v) is 4.60. The molecule has 0 saturated carbocycles. The molecule has 5 heteroatoms. The maximum absolute atomic E-state index is 8.85. The molecule has 1 heterocycles. The van der Waals surface area contributed by atoms with Gasteiger partial charge in [0.05, 0.1) is 5.41 Å². The number of hydrogen-bond donors (Lipinski definition) is 2. The van der Waals surface area contributed by atoms with Gasteiger partial charge in [-0.15, -0.1) is 0 Å². The molecule has 0 aliphatic heterocycles. The number of aromatic nitrogens is 1. The normalized spacial score (nSPS) is 16.2. The highest BCUT2D eigenvalue weighted by molar-refractivity contribution is 6.29. The van der Waals surface area contributed by atoms with E-state index in [4.69, 9.17) is 22.5 Å². The van der Waals surface area contributed by atoms with Gasteiger partial charge in [0.2, 0.25) is 0 Å². The largest absolute Gasteiger partial charge is 0.409 e. The molecule has 1 aromatic rings. The first kappa shape index (κ1) is 12.8. The highest BCUT2D eigenvalue weighted by Crippen LogP contribution is 2.32. The summed E-state index contributed by atoms with van der Waals surface area (Å²) < 4.78 is 0. The van der Waals surface area contributed by atoms with E-state index in [9.17, 15) is 0 Å². The summed E-state index contributed by atoms with van der Waals surface area (Å²) >= 11 is 5.73. The van der Waals surface area contributed by atoms with Crippen LogP contribution >= 0.6 is 11.6 Å². The molecule has 0 aliphatic carbocycles. The number of oxime groups is 1. The van der Waals surface area contributed by atoms with Crippen LogP contribution in [0.5, 0.6) is 0 Å². The molecule has 1 atom stereocenters. The SMILES string of the molecule is CC(C)C(C)(/C(N)=N/O)c1ccc(Cl)nc1.